The Morgan fingerprint density at radius 1 is 1.12 bits per heavy atom. The molecule has 0 spiro atoms. The summed E-state index contributed by atoms with van der Waals surface area (Å²) in [5.74, 6) is 0.696. The van der Waals surface area contributed by atoms with E-state index in [-0.39, 0.29) is 6.04 Å². The number of carbonyl (C=O) groups excluding carboxylic acids is 1. The van der Waals surface area contributed by atoms with Crippen molar-refractivity contribution in [3.8, 4) is 0 Å². The molecule has 142 valence electrons. The number of nitrogens with one attached hydrogen (secondary N) is 3. The highest BCUT2D eigenvalue weighted by atomic mass is 16.2. The minimum absolute atomic E-state index is 0.0671. The molecule has 0 radical (unpaired) electrons. The molecule has 4 rings (SSSR count). The molecule has 4 unspecified atom stereocenters. The van der Waals surface area contributed by atoms with Gasteiger partial charge in [-0.05, 0) is 57.1 Å². The molecule has 0 aromatic heterocycles. The van der Waals surface area contributed by atoms with Crippen molar-refractivity contribution in [3.63, 3.8) is 0 Å². The number of hydrogen-bond donors (Lipinski definition) is 3. The summed E-state index contributed by atoms with van der Waals surface area (Å²) in [6.45, 7) is 2.91. The lowest BCUT2D eigenvalue weighted by molar-refractivity contribution is -0.138. The fourth-order valence-electron chi connectivity index (χ4n) is 4.92. The molecule has 1 aromatic rings. The van der Waals surface area contributed by atoms with E-state index in [1.807, 2.05) is 0 Å². The first-order valence-corrected chi connectivity index (χ1v) is 10.4. The fourth-order valence-corrected chi connectivity index (χ4v) is 4.92. The summed E-state index contributed by atoms with van der Waals surface area (Å²) in [5, 5.41) is 3.46. The lowest BCUT2D eigenvalue weighted by atomic mass is 9.87. The highest BCUT2D eigenvalue weighted by Crippen LogP contribution is 2.27. The molecule has 0 bridgehead atoms. The van der Waals surface area contributed by atoms with Gasteiger partial charge in [0.15, 0.2) is 0 Å². The van der Waals surface area contributed by atoms with Gasteiger partial charge < -0.3 is 10.2 Å². The molecule has 1 aromatic carbocycles. The number of fused-ring (bicyclic) bond motifs is 1. The predicted molar refractivity (Wildman–Crippen MR) is 104 cm³/mol. The van der Waals surface area contributed by atoms with Gasteiger partial charge in [-0.25, -0.2) is 5.43 Å². The molecule has 1 amide bonds. The first-order chi connectivity index (χ1) is 12.8. The molecule has 0 saturated carbocycles. The molecule has 26 heavy (non-hydrogen) atoms. The topological polar surface area (TPSA) is 56.4 Å². The standard InChI is InChI=1S/C21H32N4O/c26-21(20-18-15-22-13-12-19(18)23-24-20)25-14-5-4-10-17(25)11-6-9-16-7-2-1-3-8-16/h1-3,7-8,17-20,22-24H,4-6,9-15H2. The van der Waals surface area contributed by atoms with Gasteiger partial charge in [0.1, 0.15) is 6.04 Å². The third-order valence-corrected chi connectivity index (χ3v) is 6.40. The second-order valence-corrected chi connectivity index (χ2v) is 8.09. The Bertz CT molecular complexity index is 593. The average molecular weight is 357 g/mol. The third kappa shape index (κ3) is 3.95. The lowest BCUT2D eigenvalue weighted by Gasteiger charge is -2.39. The summed E-state index contributed by atoms with van der Waals surface area (Å²) in [5.41, 5.74) is 8.09. The Hall–Kier alpha value is -1.43. The van der Waals surface area contributed by atoms with E-state index >= 15 is 0 Å². The van der Waals surface area contributed by atoms with E-state index in [1.165, 1.54) is 12.0 Å². The smallest absolute Gasteiger partial charge is 0.241 e. The van der Waals surface area contributed by atoms with Crippen molar-refractivity contribution in [1.29, 1.82) is 0 Å². The zero-order chi connectivity index (χ0) is 17.8. The van der Waals surface area contributed by atoms with E-state index < -0.39 is 0 Å². The van der Waals surface area contributed by atoms with Crippen LogP contribution in [0.5, 0.6) is 0 Å². The number of benzene rings is 1. The molecule has 3 saturated heterocycles. The van der Waals surface area contributed by atoms with Crippen LogP contribution in [0.3, 0.4) is 0 Å². The van der Waals surface area contributed by atoms with E-state index in [2.05, 4.69) is 51.4 Å². The molecule has 3 aliphatic rings. The molecule has 5 heteroatoms. The van der Waals surface area contributed by atoms with E-state index in [0.29, 0.717) is 23.9 Å². The molecule has 4 atom stereocenters. The Labute approximate surface area is 156 Å². The molecule has 5 nitrogen and oxygen atoms in total. The second-order valence-electron chi connectivity index (χ2n) is 8.09. The molecule has 3 N–H and O–H groups in total. The number of rotatable bonds is 5. The number of hydrogen-bond acceptors (Lipinski definition) is 4. The van der Waals surface area contributed by atoms with Crippen LogP contribution in [0.15, 0.2) is 30.3 Å². The van der Waals surface area contributed by atoms with E-state index in [4.69, 9.17) is 0 Å². The summed E-state index contributed by atoms with van der Waals surface area (Å²) in [7, 11) is 0. The number of nitrogens with zero attached hydrogens (tertiary/aromatic N) is 1. The maximum Gasteiger partial charge on any atom is 0.241 e. The number of aryl methyl sites for hydroxylation is 1. The van der Waals surface area contributed by atoms with Crippen molar-refractivity contribution >= 4 is 5.91 Å². The second kappa shape index (κ2) is 8.51. The molecule has 3 aliphatic heterocycles. The van der Waals surface area contributed by atoms with Crippen molar-refractivity contribution in [2.75, 3.05) is 19.6 Å². The SMILES string of the molecule is O=C(C1NNC2CCNCC21)N1CCCCC1CCCc1ccccc1. The van der Waals surface area contributed by atoms with Gasteiger partial charge in [-0.2, -0.15) is 0 Å². The summed E-state index contributed by atoms with van der Waals surface area (Å²) in [4.78, 5) is 15.5. The van der Waals surface area contributed by atoms with Gasteiger partial charge in [-0.1, -0.05) is 30.3 Å². The largest absolute Gasteiger partial charge is 0.338 e. The Balaban J connectivity index is 1.35. The van der Waals surface area contributed by atoms with Gasteiger partial charge in [0.2, 0.25) is 5.91 Å². The number of likely N-dealkylation sites (tertiary alicyclic amines) is 1. The van der Waals surface area contributed by atoms with Gasteiger partial charge in [-0.15, -0.1) is 0 Å². The fraction of sp³-hybridized carbons (Fsp3) is 0.667. The number of piperidine rings is 2. The highest BCUT2D eigenvalue weighted by Gasteiger charge is 2.43. The summed E-state index contributed by atoms with van der Waals surface area (Å²) >= 11 is 0. The van der Waals surface area contributed by atoms with Crippen LogP contribution in [-0.4, -0.2) is 48.6 Å². The van der Waals surface area contributed by atoms with Crippen LogP contribution in [0.4, 0.5) is 0 Å². The van der Waals surface area contributed by atoms with E-state index in [1.54, 1.807) is 0 Å². The summed E-state index contributed by atoms with van der Waals surface area (Å²) < 4.78 is 0. The molecular weight excluding hydrogens is 324 g/mol. The third-order valence-electron chi connectivity index (χ3n) is 6.40. The Morgan fingerprint density at radius 2 is 2.00 bits per heavy atom. The van der Waals surface area contributed by atoms with E-state index in [0.717, 1.165) is 58.2 Å². The van der Waals surface area contributed by atoms with Gasteiger partial charge in [0.25, 0.3) is 0 Å². The van der Waals surface area contributed by atoms with Crippen molar-refractivity contribution in [2.45, 2.75) is 63.1 Å². The van der Waals surface area contributed by atoms with Crippen LogP contribution in [0.1, 0.15) is 44.1 Å². The minimum atomic E-state index is -0.0671. The lowest BCUT2D eigenvalue weighted by Crippen LogP contribution is -2.54. The Morgan fingerprint density at radius 3 is 2.88 bits per heavy atom. The zero-order valence-electron chi connectivity index (χ0n) is 15.6. The van der Waals surface area contributed by atoms with E-state index in [9.17, 15) is 4.79 Å². The van der Waals surface area contributed by atoms with Crippen molar-refractivity contribution < 1.29 is 4.79 Å². The highest BCUT2D eigenvalue weighted by molar-refractivity contribution is 5.83. The summed E-state index contributed by atoms with van der Waals surface area (Å²) in [6, 6.07) is 11.5. The van der Waals surface area contributed by atoms with Crippen LogP contribution in [0, 0.1) is 5.92 Å². The molecule has 3 fully saturated rings. The van der Waals surface area contributed by atoms with Gasteiger partial charge in [0.05, 0.1) is 0 Å². The van der Waals surface area contributed by atoms with Crippen LogP contribution in [-0.2, 0) is 11.2 Å². The first kappa shape index (κ1) is 18.0. The van der Waals surface area contributed by atoms with Gasteiger partial charge in [-0.3, -0.25) is 10.2 Å². The van der Waals surface area contributed by atoms with Crippen molar-refractivity contribution in [2.24, 2.45) is 5.92 Å². The minimum Gasteiger partial charge on any atom is -0.338 e. The number of hydrazine groups is 1. The zero-order valence-corrected chi connectivity index (χ0v) is 15.6. The maximum atomic E-state index is 13.3. The van der Waals surface area contributed by atoms with Gasteiger partial charge in [0, 0.05) is 31.1 Å². The first-order valence-electron chi connectivity index (χ1n) is 10.4. The molecular formula is C21H32N4O. The number of amides is 1. The van der Waals surface area contributed by atoms with Crippen LogP contribution in [0.25, 0.3) is 0 Å². The molecule has 0 aliphatic carbocycles. The normalized spacial score (nSPS) is 31.6. The van der Waals surface area contributed by atoms with Crippen molar-refractivity contribution in [3.05, 3.63) is 35.9 Å². The Kier molecular flexibility index (Phi) is 5.88. The van der Waals surface area contributed by atoms with Crippen LogP contribution >= 0.6 is 0 Å². The van der Waals surface area contributed by atoms with Gasteiger partial charge >= 0.3 is 0 Å². The van der Waals surface area contributed by atoms with Crippen LogP contribution < -0.4 is 16.2 Å². The number of carbonyl (C=O) groups is 1. The predicted octanol–water partition coefficient (Wildman–Crippen LogP) is 1.84. The summed E-state index contributed by atoms with van der Waals surface area (Å²) in [6.07, 6.45) is 8.04. The average Bonchev–Trinajstić information content (AvgIpc) is 3.13. The maximum absolute atomic E-state index is 13.3. The van der Waals surface area contributed by atoms with Crippen LogP contribution in [0.2, 0.25) is 0 Å². The quantitative estimate of drug-likeness (QED) is 0.754. The van der Waals surface area contributed by atoms with Crippen molar-refractivity contribution in [1.82, 2.24) is 21.1 Å². The molecule has 3 heterocycles. The monoisotopic (exact) mass is 356 g/mol.